The number of ether oxygens (including phenoxy) is 1. The van der Waals surface area contributed by atoms with Gasteiger partial charge >= 0.3 is 6.09 Å². The van der Waals surface area contributed by atoms with Gasteiger partial charge in [0.25, 0.3) is 5.91 Å². The molecular weight excluding hydrogens is 645 g/mol. The van der Waals surface area contributed by atoms with Crippen LogP contribution in [0, 0.1) is 11.2 Å². The highest BCUT2D eigenvalue weighted by molar-refractivity contribution is 9.10. The van der Waals surface area contributed by atoms with Crippen LogP contribution in [0.1, 0.15) is 58.6 Å². The Morgan fingerprint density at radius 1 is 1.11 bits per heavy atom. The summed E-state index contributed by atoms with van der Waals surface area (Å²) in [5.74, 6) is -1.64. The minimum atomic E-state index is -1.44. The monoisotopic (exact) mass is 685 g/mol. The van der Waals surface area contributed by atoms with E-state index in [2.05, 4.69) is 31.7 Å². The molecule has 10 nitrogen and oxygen atoms in total. The molecule has 0 radical (unpaired) electrons. The van der Waals surface area contributed by atoms with E-state index in [1.165, 1.54) is 24.9 Å². The largest absolute Gasteiger partial charge is 0.444 e. The van der Waals surface area contributed by atoms with Crippen LogP contribution in [0.15, 0.2) is 58.1 Å². The molecule has 2 heterocycles. The smallest absolute Gasteiger partial charge is 0.408 e. The topological polar surface area (TPSA) is 120 Å². The molecular formula is C33H41BrFN5O5. The Morgan fingerprint density at radius 2 is 1.80 bits per heavy atom. The van der Waals surface area contributed by atoms with E-state index in [4.69, 9.17) is 4.74 Å². The predicted molar refractivity (Wildman–Crippen MR) is 172 cm³/mol. The molecule has 2 N–H and O–H groups in total. The lowest BCUT2D eigenvalue weighted by Gasteiger charge is -2.41. The molecule has 2 aliphatic rings. The molecule has 2 aliphatic heterocycles. The fourth-order valence-electron chi connectivity index (χ4n) is 5.68. The standard InChI is InChI=1S/C33H41BrFN5O5/c1-31(2,3)45-30(44)37-32(4,5)28(42)36-25(15-12-22-18-23(34)13-14-24(22)35)27(41)40-17-16-26-33(20-40,29(43)39(6)38-26)19-21-10-8-7-9-11-21/h7-11,13-14,18,25H,12,15-17,19-20H2,1-6H3,(H,36,42)(H,37,44)/t25?,33-/m1/s1. The highest BCUT2D eigenvalue weighted by atomic mass is 79.9. The van der Waals surface area contributed by atoms with Crippen molar-refractivity contribution in [2.24, 2.45) is 10.5 Å². The zero-order valence-corrected chi connectivity index (χ0v) is 28.2. The van der Waals surface area contributed by atoms with E-state index in [-0.39, 0.29) is 25.3 Å². The van der Waals surface area contributed by atoms with Crippen LogP contribution in [-0.4, -0.2) is 76.8 Å². The minimum absolute atomic E-state index is 0.0808. The number of nitrogens with zero attached hydrogens (tertiary/aromatic N) is 3. The third-order valence-corrected chi connectivity index (χ3v) is 8.45. The van der Waals surface area contributed by atoms with Gasteiger partial charge in [-0.05, 0) is 83.2 Å². The van der Waals surface area contributed by atoms with E-state index < -0.39 is 46.3 Å². The molecule has 0 aliphatic carbocycles. The van der Waals surface area contributed by atoms with Crippen LogP contribution in [-0.2, 0) is 32.0 Å². The molecule has 2 aromatic rings. The first kappa shape index (κ1) is 34.1. The summed E-state index contributed by atoms with van der Waals surface area (Å²) in [6.45, 7) is 8.53. The van der Waals surface area contributed by atoms with Gasteiger partial charge in [0, 0.05) is 31.0 Å². The summed E-state index contributed by atoms with van der Waals surface area (Å²) in [5, 5.41) is 11.2. The summed E-state index contributed by atoms with van der Waals surface area (Å²) in [4.78, 5) is 55.5. The first-order valence-corrected chi connectivity index (χ1v) is 15.7. The van der Waals surface area contributed by atoms with Gasteiger partial charge in [0.2, 0.25) is 11.8 Å². The number of nitrogens with one attached hydrogen (secondary N) is 2. The Morgan fingerprint density at radius 3 is 2.47 bits per heavy atom. The van der Waals surface area contributed by atoms with E-state index in [0.717, 1.165) is 11.3 Å². The van der Waals surface area contributed by atoms with Gasteiger partial charge in [-0.25, -0.2) is 14.2 Å². The highest BCUT2D eigenvalue weighted by Gasteiger charge is 2.54. The van der Waals surface area contributed by atoms with Gasteiger partial charge in [-0.1, -0.05) is 46.3 Å². The molecule has 242 valence electrons. The van der Waals surface area contributed by atoms with Gasteiger partial charge in [-0.15, -0.1) is 0 Å². The van der Waals surface area contributed by atoms with Gasteiger partial charge in [0.05, 0.1) is 5.71 Å². The van der Waals surface area contributed by atoms with Gasteiger partial charge in [0.1, 0.15) is 28.4 Å². The number of carbonyl (C=O) groups is 4. The van der Waals surface area contributed by atoms with Crippen LogP contribution in [0.2, 0.25) is 0 Å². The van der Waals surface area contributed by atoms with Gasteiger partial charge < -0.3 is 20.3 Å². The fraction of sp³-hybridized carbons (Fsp3) is 0.485. The molecule has 12 heteroatoms. The second-order valence-corrected chi connectivity index (χ2v) is 14.1. The van der Waals surface area contributed by atoms with Crippen LogP contribution in [0.5, 0.6) is 0 Å². The molecule has 4 amide bonds. The predicted octanol–water partition coefficient (Wildman–Crippen LogP) is 4.60. The summed E-state index contributed by atoms with van der Waals surface area (Å²) >= 11 is 3.36. The van der Waals surface area contributed by atoms with Crippen molar-refractivity contribution in [2.75, 3.05) is 20.1 Å². The first-order chi connectivity index (χ1) is 21.0. The zero-order valence-electron chi connectivity index (χ0n) is 26.6. The Kier molecular flexibility index (Phi) is 10.1. The zero-order chi connectivity index (χ0) is 33.2. The molecule has 45 heavy (non-hydrogen) atoms. The molecule has 4 rings (SSSR count). The fourth-order valence-corrected chi connectivity index (χ4v) is 6.09. The third kappa shape index (κ3) is 8.08. The number of hydrazone groups is 1. The average Bonchev–Trinajstić information content (AvgIpc) is 3.19. The van der Waals surface area contributed by atoms with E-state index in [1.54, 1.807) is 44.9 Å². The lowest BCUT2D eigenvalue weighted by Crippen LogP contribution is -2.62. The Hall–Kier alpha value is -3.80. The molecule has 0 saturated carbocycles. The van der Waals surface area contributed by atoms with Crippen molar-refractivity contribution in [2.45, 2.75) is 77.5 Å². The molecule has 1 fully saturated rings. The van der Waals surface area contributed by atoms with Crippen LogP contribution in [0.3, 0.4) is 0 Å². The maximum Gasteiger partial charge on any atom is 0.408 e. The molecule has 2 atom stereocenters. The molecule has 1 saturated heterocycles. The van der Waals surface area contributed by atoms with Crippen LogP contribution in [0.25, 0.3) is 0 Å². The number of halogens is 2. The number of benzene rings is 2. The number of aryl methyl sites for hydroxylation is 1. The van der Waals surface area contributed by atoms with Crippen molar-refractivity contribution in [3.63, 3.8) is 0 Å². The average molecular weight is 687 g/mol. The number of hydrogen-bond donors (Lipinski definition) is 2. The Labute approximate surface area is 271 Å². The minimum Gasteiger partial charge on any atom is -0.444 e. The molecule has 0 aromatic heterocycles. The summed E-state index contributed by atoms with van der Waals surface area (Å²) < 4.78 is 20.7. The second-order valence-electron chi connectivity index (χ2n) is 13.2. The number of amides is 4. The SMILES string of the molecule is CN1N=C2CCN(C(=O)C(CCc3cc(Br)ccc3F)NC(=O)C(C)(C)NC(=O)OC(C)(C)C)C[C@@]2(Cc2ccccc2)C1=O. The number of hydrogen-bond acceptors (Lipinski definition) is 6. The summed E-state index contributed by atoms with van der Waals surface area (Å²) in [6, 6.07) is 13.1. The van der Waals surface area contributed by atoms with E-state index in [9.17, 15) is 23.6 Å². The Balaban J connectivity index is 1.59. The first-order valence-electron chi connectivity index (χ1n) is 15.0. The van der Waals surface area contributed by atoms with Crippen molar-refractivity contribution in [1.29, 1.82) is 0 Å². The lowest BCUT2D eigenvalue weighted by molar-refractivity contribution is -0.142. The number of fused-ring (bicyclic) bond motifs is 1. The highest BCUT2D eigenvalue weighted by Crippen LogP contribution is 2.38. The summed E-state index contributed by atoms with van der Waals surface area (Å²) in [7, 11) is 1.61. The maximum atomic E-state index is 14.7. The molecule has 1 unspecified atom stereocenters. The van der Waals surface area contributed by atoms with Crippen molar-refractivity contribution in [3.05, 3.63) is 69.9 Å². The normalized spacial score (nSPS) is 19.0. The van der Waals surface area contributed by atoms with Gasteiger partial charge in [-0.3, -0.25) is 14.4 Å². The quantitative estimate of drug-likeness (QED) is 0.400. The number of alkyl carbamates (subject to hydrolysis) is 1. The maximum absolute atomic E-state index is 14.7. The second kappa shape index (κ2) is 13.3. The van der Waals surface area contributed by atoms with Gasteiger partial charge in [0.15, 0.2) is 0 Å². The lowest BCUT2D eigenvalue weighted by atomic mass is 9.73. The van der Waals surface area contributed by atoms with Crippen molar-refractivity contribution in [1.82, 2.24) is 20.5 Å². The molecule has 0 spiro atoms. The number of rotatable bonds is 9. The van der Waals surface area contributed by atoms with Crippen LogP contribution < -0.4 is 10.6 Å². The van der Waals surface area contributed by atoms with Crippen molar-refractivity contribution in [3.8, 4) is 0 Å². The van der Waals surface area contributed by atoms with Crippen molar-refractivity contribution >= 4 is 45.5 Å². The number of carbonyl (C=O) groups excluding carboxylic acids is 4. The van der Waals surface area contributed by atoms with Gasteiger partial charge in [-0.2, -0.15) is 5.10 Å². The van der Waals surface area contributed by atoms with Crippen molar-refractivity contribution < 1.29 is 28.3 Å². The number of likely N-dealkylation sites (tertiary alicyclic amines) is 1. The summed E-state index contributed by atoms with van der Waals surface area (Å²) in [5.41, 5.74) is -1.21. The third-order valence-electron chi connectivity index (χ3n) is 7.96. The van der Waals surface area contributed by atoms with Crippen LogP contribution in [0.4, 0.5) is 9.18 Å². The molecule has 0 bridgehead atoms. The van der Waals surface area contributed by atoms with Crippen LogP contribution >= 0.6 is 15.9 Å². The van der Waals surface area contributed by atoms with E-state index in [1.807, 2.05) is 30.3 Å². The Bertz CT molecular complexity index is 1490. The number of piperidine rings is 1. The molecule has 2 aromatic carbocycles. The van der Waals surface area contributed by atoms with E-state index >= 15 is 0 Å². The summed E-state index contributed by atoms with van der Waals surface area (Å²) in [6.07, 6.45) is 0.210. The van der Waals surface area contributed by atoms with E-state index in [0.29, 0.717) is 29.4 Å².